The van der Waals surface area contributed by atoms with Crippen molar-refractivity contribution < 1.29 is 4.39 Å². The highest BCUT2D eigenvalue weighted by Crippen LogP contribution is 2.23. The maximum atomic E-state index is 13.6. The monoisotopic (exact) mass is 335 g/mol. The van der Waals surface area contributed by atoms with Crippen LogP contribution in [-0.4, -0.2) is 6.54 Å². The largest absolute Gasteiger partial charge is 0.310 e. The molecule has 20 heavy (non-hydrogen) atoms. The van der Waals surface area contributed by atoms with Crippen LogP contribution in [0.4, 0.5) is 4.39 Å². The molecule has 0 bridgehead atoms. The normalized spacial score (nSPS) is 12.3. The van der Waals surface area contributed by atoms with Crippen molar-refractivity contribution in [2.75, 3.05) is 6.54 Å². The summed E-state index contributed by atoms with van der Waals surface area (Å²) in [5.74, 6) is -0.203. The first-order valence-electron chi connectivity index (χ1n) is 6.92. The Hall–Kier alpha value is -1.19. The predicted molar refractivity (Wildman–Crippen MR) is 85.3 cm³/mol. The quantitative estimate of drug-likeness (QED) is 0.793. The summed E-state index contributed by atoms with van der Waals surface area (Å²) < 4.78 is 14.4. The van der Waals surface area contributed by atoms with Gasteiger partial charge < -0.3 is 5.32 Å². The van der Waals surface area contributed by atoms with Crippen molar-refractivity contribution >= 4 is 15.9 Å². The molecule has 2 aromatic rings. The van der Waals surface area contributed by atoms with Crippen molar-refractivity contribution in [3.63, 3.8) is 0 Å². The number of hydrogen-bond donors (Lipinski definition) is 1. The second kappa shape index (κ2) is 7.55. The zero-order valence-corrected chi connectivity index (χ0v) is 13.2. The van der Waals surface area contributed by atoms with E-state index in [0.29, 0.717) is 0 Å². The molecule has 0 heterocycles. The topological polar surface area (TPSA) is 12.0 Å². The molecule has 3 heteroatoms. The molecule has 0 saturated carbocycles. The molecule has 0 amide bonds. The molecular formula is C17H19BrFN. The van der Waals surface area contributed by atoms with E-state index in [1.807, 2.05) is 24.3 Å². The second-order valence-electron chi connectivity index (χ2n) is 4.90. The van der Waals surface area contributed by atoms with Crippen molar-refractivity contribution in [1.29, 1.82) is 0 Å². The average Bonchev–Trinajstić information content (AvgIpc) is 2.43. The van der Waals surface area contributed by atoms with E-state index >= 15 is 0 Å². The summed E-state index contributed by atoms with van der Waals surface area (Å²) in [5, 5.41) is 3.50. The highest BCUT2D eigenvalue weighted by molar-refractivity contribution is 9.10. The molecule has 0 aliphatic heterocycles. The van der Waals surface area contributed by atoms with Gasteiger partial charge in [0.15, 0.2) is 0 Å². The Morgan fingerprint density at radius 3 is 2.55 bits per heavy atom. The lowest BCUT2D eigenvalue weighted by Gasteiger charge is -2.19. The molecule has 0 aliphatic rings. The van der Waals surface area contributed by atoms with Gasteiger partial charge in [-0.1, -0.05) is 53.2 Å². The predicted octanol–water partition coefficient (Wildman–Crippen LogP) is 4.87. The summed E-state index contributed by atoms with van der Waals surface area (Å²) in [4.78, 5) is 0. The van der Waals surface area contributed by atoms with Gasteiger partial charge in [0.2, 0.25) is 0 Å². The highest BCUT2D eigenvalue weighted by atomic mass is 79.9. The zero-order valence-electron chi connectivity index (χ0n) is 11.6. The molecule has 0 saturated heterocycles. The average molecular weight is 336 g/mol. The Kier molecular flexibility index (Phi) is 5.74. The number of rotatable bonds is 6. The minimum Gasteiger partial charge on any atom is -0.310 e. The minimum absolute atomic E-state index is 0.129. The van der Waals surface area contributed by atoms with Crippen LogP contribution in [0.2, 0.25) is 0 Å². The van der Waals surface area contributed by atoms with E-state index in [2.05, 4.69) is 40.3 Å². The first kappa shape index (κ1) is 15.2. The molecule has 106 valence electrons. The third-order valence-corrected chi connectivity index (χ3v) is 3.67. The van der Waals surface area contributed by atoms with Crippen LogP contribution in [-0.2, 0) is 6.42 Å². The van der Waals surface area contributed by atoms with Gasteiger partial charge in [-0.3, -0.25) is 0 Å². The third-order valence-electron chi connectivity index (χ3n) is 3.21. The van der Waals surface area contributed by atoms with Crippen LogP contribution in [0.15, 0.2) is 53.0 Å². The maximum absolute atomic E-state index is 13.6. The third kappa shape index (κ3) is 4.43. The summed E-state index contributed by atoms with van der Waals surface area (Å²) >= 11 is 3.37. The van der Waals surface area contributed by atoms with E-state index in [1.165, 1.54) is 11.6 Å². The van der Waals surface area contributed by atoms with Gasteiger partial charge in [0.05, 0.1) is 0 Å². The maximum Gasteiger partial charge on any atom is 0.124 e. The Labute approximate surface area is 128 Å². The van der Waals surface area contributed by atoms with E-state index in [9.17, 15) is 4.39 Å². The van der Waals surface area contributed by atoms with E-state index in [0.717, 1.165) is 29.4 Å². The standard InChI is InChI=1S/C17H19BrFN/c1-2-8-20-17(9-13-6-4-3-5-7-13)14-10-15(18)12-16(19)11-14/h3-7,10-12,17,20H,2,8-9H2,1H3. The van der Waals surface area contributed by atoms with Gasteiger partial charge in [-0.2, -0.15) is 0 Å². The van der Waals surface area contributed by atoms with Crippen molar-refractivity contribution in [1.82, 2.24) is 5.32 Å². The minimum atomic E-state index is -0.203. The first-order valence-corrected chi connectivity index (χ1v) is 7.71. The lowest BCUT2D eigenvalue weighted by Crippen LogP contribution is -2.24. The Morgan fingerprint density at radius 1 is 1.15 bits per heavy atom. The summed E-state index contributed by atoms with van der Waals surface area (Å²) in [7, 11) is 0. The second-order valence-corrected chi connectivity index (χ2v) is 5.81. The van der Waals surface area contributed by atoms with Gasteiger partial charge in [-0.25, -0.2) is 4.39 Å². The summed E-state index contributed by atoms with van der Waals surface area (Å²) in [5.41, 5.74) is 2.23. The molecule has 1 nitrogen and oxygen atoms in total. The highest BCUT2D eigenvalue weighted by Gasteiger charge is 2.13. The van der Waals surface area contributed by atoms with Gasteiger partial charge in [0.1, 0.15) is 5.82 Å². The molecule has 1 atom stereocenters. The fourth-order valence-electron chi connectivity index (χ4n) is 2.25. The summed E-state index contributed by atoms with van der Waals surface area (Å²) in [6.45, 7) is 3.06. The van der Waals surface area contributed by atoms with Crippen LogP contribution >= 0.6 is 15.9 Å². The van der Waals surface area contributed by atoms with Crippen LogP contribution in [0.3, 0.4) is 0 Å². The fourth-order valence-corrected chi connectivity index (χ4v) is 2.74. The van der Waals surface area contributed by atoms with Crippen LogP contribution in [0, 0.1) is 5.82 Å². The van der Waals surface area contributed by atoms with Gasteiger partial charge >= 0.3 is 0 Å². The molecule has 0 aliphatic carbocycles. The Bertz CT molecular complexity index is 522. The van der Waals surface area contributed by atoms with Crippen molar-refractivity contribution in [3.05, 3.63) is 69.9 Å². The lowest BCUT2D eigenvalue weighted by molar-refractivity contribution is 0.524. The molecule has 1 N–H and O–H groups in total. The zero-order chi connectivity index (χ0) is 14.4. The molecule has 2 rings (SSSR count). The SMILES string of the molecule is CCCNC(Cc1ccccc1)c1cc(F)cc(Br)c1. The number of halogens is 2. The Morgan fingerprint density at radius 2 is 1.90 bits per heavy atom. The van der Waals surface area contributed by atoms with Gasteiger partial charge in [-0.15, -0.1) is 0 Å². The number of hydrogen-bond acceptors (Lipinski definition) is 1. The van der Waals surface area contributed by atoms with Gasteiger partial charge in [0, 0.05) is 10.5 Å². The van der Waals surface area contributed by atoms with Crippen molar-refractivity contribution in [3.8, 4) is 0 Å². The smallest absolute Gasteiger partial charge is 0.124 e. The van der Waals surface area contributed by atoms with Crippen molar-refractivity contribution in [2.45, 2.75) is 25.8 Å². The fraction of sp³-hybridized carbons (Fsp3) is 0.294. The molecule has 2 aromatic carbocycles. The van der Waals surface area contributed by atoms with E-state index < -0.39 is 0 Å². The van der Waals surface area contributed by atoms with Gasteiger partial charge in [0.25, 0.3) is 0 Å². The number of nitrogens with one attached hydrogen (secondary N) is 1. The first-order chi connectivity index (χ1) is 9.69. The van der Waals surface area contributed by atoms with E-state index in [-0.39, 0.29) is 11.9 Å². The van der Waals surface area contributed by atoms with Crippen LogP contribution < -0.4 is 5.32 Å². The molecular weight excluding hydrogens is 317 g/mol. The van der Waals surface area contributed by atoms with Crippen LogP contribution in [0.1, 0.15) is 30.5 Å². The van der Waals surface area contributed by atoms with Gasteiger partial charge in [-0.05, 0) is 48.7 Å². The molecule has 0 spiro atoms. The van der Waals surface area contributed by atoms with Crippen molar-refractivity contribution in [2.24, 2.45) is 0 Å². The number of benzene rings is 2. The Balaban J connectivity index is 2.22. The van der Waals surface area contributed by atoms with Crippen LogP contribution in [0.25, 0.3) is 0 Å². The lowest BCUT2D eigenvalue weighted by atomic mass is 9.98. The molecule has 0 aromatic heterocycles. The molecule has 0 fully saturated rings. The van der Waals surface area contributed by atoms with Crippen LogP contribution in [0.5, 0.6) is 0 Å². The van der Waals surface area contributed by atoms with E-state index in [4.69, 9.17) is 0 Å². The molecule has 1 unspecified atom stereocenters. The summed E-state index contributed by atoms with van der Waals surface area (Å²) in [6, 6.07) is 15.5. The van der Waals surface area contributed by atoms with E-state index in [1.54, 1.807) is 6.07 Å². The summed E-state index contributed by atoms with van der Waals surface area (Å²) in [6.07, 6.45) is 1.92. The molecule has 0 radical (unpaired) electrons.